The highest BCUT2D eigenvalue weighted by Gasteiger charge is 2.39. The molecule has 0 spiro atoms. The molecule has 0 unspecified atom stereocenters. The highest BCUT2D eigenvalue weighted by molar-refractivity contribution is 7.07. The van der Waals surface area contributed by atoms with Gasteiger partial charge < -0.3 is 10.6 Å². The Labute approximate surface area is 149 Å². The summed E-state index contributed by atoms with van der Waals surface area (Å²) in [5.74, 6) is -0.579. The molecule has 2 N–H and O–H groups in total. The van der Waals surface area contributed by atoms with E-state index in [0.717, 1.165) is 11.5 Å². The van der Waals surface area contributed by atoms with Crippen molar-refractivity contribution in [1.29, 1.82) is 0 Å². The Hall–Kier alpha value is -2.12. The molecule has 0 aromatic carbocycles. The van der Waals surface area contributed by atoms with Crippen LogP contribution in [0.2, 0.25) is 0 Å². The number of rotatable bonds is 6. The maximum Gasteiger partial charge on any atom is 0.303 e. The van der Waals surface area contributed by atoms with Gasteiger partial charge in [0.05, 0.1) is 25.2 Å². The maximum absolute atomic E-state index is 13.4. The van der Waals surface area contributed by atoms with Crippen LogP contribution in [0.3, 0.4) is 0 Å². The number of aryl methyl sites for hydroxylation is 1. The number of carbonyl (C=O) groups is 2. The molecule has 8 nitrogen and oxygen atoms in total. The van der Waals surface area contributed by atoms with E-state index in [9.17, 15) is 14.0 Å². The van der Waals surface area contributed by atoms with Crippen LogP contribution < -0.4 is 10.6 Å². The van der Waals surface area contributed by atoms with Gasteiger partial charge in [0.15, 0.2) is 0 Å². The molecule has 25 heavy (non-hydrogen) atoms. The minimum atomic E-state index is -1.15. The van der Waals surface area contributed by atoms with Crippen molar-refractivity contribution in [2.24, 2.45) is 0 Å². The van der Waals surface area contributed by atoms with Crippen molar-refractivity contribution in [3.63, 3.8) is 0 Å². The Morgan fingerprint density at radius 3 is 2.84 bits per heavy atom. The van der Waals surface area contributed by atoms with Crippen molar-refractivity contribution in [1.82, 2.24) is 25.1 Å². The van der Waals surface area contributed by atoms with E-state index < -0.39 is 17.9 Å². The highest BCUT2D eigenvalue weighted by Crippen LogP contribution is 2.21. The standard InChI is InChI=1S/C15H21FN6O2S/c1-9-13(25-21-20-9)14(24)18-8-15(2,3)19-6-12(23)22-7-10(16)5-11(22)17-4/h10-11,19H,5-8H2,1-3H3,(H,18,24)/t10-,11-/m0/s1. The third-order valence-corrected chi connectivity index (χ3v) is 4.78. The van der Waals surface area contributed by atoms with E-state index >= 15 is 0 Å². The van der Waals surface area contributed by atoms with Gasteiger partial charge in [0.2, 0.25) is 5.91 Å². The molecule has 1 aromatic rings. The van der Waals surface area contributed by atoms with E-state index in [0.29, 0.717) is 10.6 Å². The topological polar surface area (TPSA) is 91.6 Å². The SMILES string of the molecule is [C-]#[N+][C@@H]1C[C@H](F)CN1C(=O)CNC(C)(C)CNC(=O)c1snnc1C. The van der Waals surface area contributed by atoms with E-state index in [1.54, 1.807) is 6.92 Å². The molecule has 2 rings (SSSR count). The van der Waals surface area contributed by atoms with Gasteiger partial charge in [-0.05, 0) is 32.3 Å². The first-order valence-electron chi connectivity index (χ1n) is 7.86. The molecule has 0 radical (unpaired) electrons. The molecular weight excluding hydrogens is 347 g/mol. The monoisotopic (exact) mass is 368 g/mol. The molecule has 0 aliphatic carbocycles. The molecule has 136 valence electrons. The molecule has 2 amide bonds. The Morgan fingerprint density at radius 2 is 2.24 bits per heavy atom. The number of alkyl halides is 1. The Bertz CT molecular complexity index is 686. The summed E-state index contributed by atoms with van der Waals surface area (Å²) in [6.45, 7) is 12.7. The first-order chi connectivity index (χ1) is 11.7. The van der Waals surface area contributed by atoms with Gasteiger partial charge in [-0.25, -0.2) is 11.0 Å². The third kappa shape index (κ3) is 4.93. The summed E-state index contributed by atoms with van der Waals surface area (Å²) in [6, 6.07) is 0. The fourth-order valence-electron chi connectivity index (χ4n) is 2.46. The normalized spacial score (nSPS) is 20.4. The van der Waals surface area contributed by atoms with Crippen molar-refractivity contribution in [2.75, 3.05) is 19.6 Å². The van der Waals surface area contributed by atoms with Crippen LogP contribution in [0.4, 0.5) is 4.39 Å². The summed E-state index contributed by atoms with van der Waals surface area (Å²) in [5.41, 5.74) is 0.0169. The number of aromatic nitrogens is 2. The Morgan fingerprint density at radius 1 is 1.52 bits per heavy atom. The summed E-state index contributed by atoms with van der Waals surface area (Å²) in [4.78, 5) is 29.3. The van der Waals surface area contributed by atoms with Gasteiger partial charge in [-0.3, -0.25) is 19.3 Å². The zero-order chi connectivity index (χ0) is 18.6. The minimum Gasteiger partial charge on any atom is -0.349 e. The Balaban J connectivity index is 1.83. The molecule has 1 aliphatic rings. The number of nitrogens with one attached hydrogen (secondary N) is 2. The Kier molecular flexibility index (Phi) is 6.02. The van der Waals surface area contributed by atoms with Crippen LogP contribution in [0.25, 0.3) is 4.85 Å². The molecule has 2 atom stereocenters. The van der Waals surface area contributed by atoms with Crippen LogP contribution in [0, 0.1) is 13.5 Å². The molecule has 1 saturated heterocycles. The molecule has 1 fully saturated rings. The molecule has 1 aromatic heterocycles. The van der Waals surface area contributed by atoms with E-state index in [2.05, 4.69) is 25.1 Å². The molecule has 10 heteroatoms. The number of carbonyl (C=O) groups excluding carboxylic acids is 2. The lowest BCUT2D eigenvalue weighted by Gasteiger charge is -2.27. The lowest BCUT2D eigenvalue weighted by Crippen LogP contribution is -2.52. The minimum absolute atomic E-state index is 0.0250. The number of nitrogens with zero attached hydrogens (tertiary/aromatic N) is 4. The van der Waals surface area contributed by atoms with Crippen LogP contribution >= 0.6 is 11.5 Å². The third-order valence-electron chi connectivity index (χ3n) is 3.96. The second kappa shape index (κ2) is 7.84. The second-order valence-electron chi connectivity index (χ2n) is 6.60. The van der Waals surface area contributed by atoms with Crippen LogP contribution in [-0.4, -0.2) is 63.8 Å². The van der Waals surface area contributed by atoms with Gasteiger partial charge in [0, 0.05) is 12.1 Å². The fraction of sp³-hybridized carbons (Fsp3) is 0.667. The predicted molar refractivity (Wildman–Crippen MR) is 90.7 cm³/mol. The number of amides is 2. The average molecular weight is 368 g/mol. The molecule has 1 aliphatic heterocycles. The first kappa shape index (κ1) is 19.2. The van der Waals surface area contributed by atoms with Gasteiger partial charge in [0.25, 0.3) is 5.91 Å². The maximum atomic E-state index is 13.4. The van der Waals surface area contributed by atoms with Crippen molar-refractivity contribution in [3.05, 3.63) is 22.0 Å². The average Bonchev–Trinajstić information content (AvgIpc) is 3.16. The van der Waals surface area contributed by atoms with Gasteiger partial charge in [-0.2, -0.15) is 0 Å². The van der Waals surface area contributed by atoms with Crippen molar-refractivity contribution in [3.8, 4) is 0 Å². The first-order valence-corrected chi connectivity index (χ1v) is 8.63. The van der Waals surface area contributed by atoms with Crippen LogP contribution in [0.1, 0.15) is 35.6 Å². The van der Waals surface area contributed by atoms with E-state index in [1.165, 1.54) is 4.90 Å². The zero-order valence-electron chi connectivity index (χ0n) is 14.4. The fourth-order valence-corrected chi connectivity index (χ4v) is 3.03. The van der Waals surface area contributed by atoms with Crippen LogP contribution in [0.5, 0.6) is 0 Å². The summed E-state index contributed by atoms with van der Waals surface area (Å²) in [7, 11) is 0. The molecule has 2 heterocycles. The molecule has 0 saturated carbocycles. The summed E-state index contributed by atoms with van der Waals surface area (Å²) in [5, 5.41) is 9.63. The number of hydrogen-bond donors (Lipinski definition) is 2. The van der Waals surface area contributed by atoms with Crippen LogP contribution in [-0.2, 0) is 4.79 Å². The van der Waals surface area contributed by atoms with Gasteiger partial charge in [-0.1, -0.05) is 4.49 Å². The largest absolute Gasteiger partial charge is 0.349 e. The van der Waals surface area contributed by atoms with E-state index in [-0.39, 0.29) is 37.9 Å². The quantitative estimate of drug-likeness (QED) is 0.724. The van der Waals surface area contributed by atoms with Gasteiger partial charge in [-0.15, -0.1) is 5.10 Å². The molecule has 0 bridgehead atoms. The summed E-state index contributed by atoms with van der Waals surface area (Å²) < 4.78 is 17.1. The summed E-state index contributed by atoms with van der Waals surface area (Å²) >= 11 is 1.03. The van der Waals surface area contributed by atoms with E-state index in [1.807, 2.05) is 13.8 Å². The van der Waals surface area contributed by atoms with E-state index in [4.69, 9.17) is 6.57 Å². The molecular formula is C15H21FN6O2S. The summed E-state index contributed by atoms with van der Waals surface area (Å²) in [6.07, 6.45) is -1.81. The smallest absolute Gasteiger partial charge is 0.303 e. The van der Waals surface area contributed by atoms with Crippen molar-refractivity contribution >= 4 is 23.3 Å². The lowest BCUT2D eigenvalue weighted by atomic mass is 10.1. The van der Waals surface area contributed by atoms with Crippen molar-refractivity contribution < 1.29 is 14.0 Å². The zero-order valence-corrected chi connectivity index (χ0v) is 15.2. The number of likely N-dealkylation sites (tertiary alicyclic amines) is 1. The second-order valence-corrected chi connectivity index (χ2v) is 7.35. The number of hydrogen-bond acceptors (Lipinski definition) is 6. The van der Waals surface area contributed by atoms with Gasteiger partial charge >= 0.3 is 6.17 Å². The van der Waals surface area contributed by atoms with Crippen LogP contribution in [0.15, 0.2) is 0 Å². The number of halogens is 1. The van der Waals surface area contributed by atoms with Crippen molar-refractivity contribution in [2.45, 2.75) is 45.1 Å². The highest BCUT2D eigenvalue weighted by atomic mass is 32.1. The van der Waals surface area contributed by atoms with Gasteiger partial charge in [0.1, 0.15) is 11.0 Å². The lowest BCUT2D eigenvalue weighted by molar-refractivity contribution is -0.130. The predicted octanol–water partition coefficient (Wildman–Crippen LogP) is 0.760.